The van der Waals surface area contributed by atoms with Crippen molar-refractivity contribution in [3.63, 3.8) is 0 Å². The van der Waals surface area contributed by atoms with Crippen LogP contribution < -0.4 is 0 Å². The van der Waals surface area contributed by atoms with Crippen molar-refractivity contribution >= 4 is 17.4 Å². The second kappa shape index (κ2) is 5.83. The minimum Gasteiger partial charge on any atom is -0.394 e. The van der Waals surface area contributed by atoms with E-state index in [2.05, 4.69) is 0 Å². The van der Waals surface area contributed by atoms with E-state index in [0.717, 1.165) is 0 Å². The lowest BCUT2D eigenvalue weighted by Crippen LogP contribution is -2.51. The van der Waals surface area contributed by atoms with Crippen molar-refractivity contribution in [1.29, 1.82) is 0 Å². The highest BCUT2D eigenvalue weighted by molar-refractivity contribution is 6.30. The van der Waals surface area contributed by atoms with Crippen LogP contribution in [0.1, 0.15) is 31.1 Å². The zero-order chi connectivity index (χ0) is 13.9. The van der Waals surface area contributed by atoms with Crippen LogP contribution in [0, 0.1) is 0 Å². The summed E-state index contributed by atoms with van der Waals surface area (Å²) in [5.41, 5.74) is 0.203. The van der Waals surface area contributed by atoms with Crippen LogP contribution in [0.2, 0.25) is 5.02 Å². The van der Waals surface area contributed by atoms with Crippen LogP contribution >= 0.6 is 11.6 Å². The zero-order valence-electron chi connectivity index (χ0n) is 11.3. The van der Waals surface area contributed by atoms with Gasteiger partial charge in [-0.15, -0.1) is 0 Å². The number of nitrogens with zero attached hydrogens (tertiary/aromatic N) is 1. The Kier molecular flexibility index (Phi) is 4.91. The molecule has 0 heterocycles. The Hall–Kier alpha value is -0.900. The molecule has 1 aromatic rings. The first kappa shape index (κ1) is 15.2. The number of likely N-dealkylation sites (N-methyl/N-ethyl adjacent to an activating group) is 1. The molecule has 0 radical (unpaired) electrons. The number of aliphatic hydroxyl groups is 1. The second-order valence-electron chi connectivity index (χ2n) is 5.13. The van der Waals surface area contributed by atoms with Crippen molar-refractivity contribution in [2.45, 2.75) is 32.4 Å². The number of hydrogen-bond acceptors (Lipinski definition) is 3. The molecule has 0 fully saturated rings. The lowest BCUT2D eigenvalue weighted by molar-refractivity contribution is 0.0438. The van der Waals surface area contributed by atoms with E-state index in [1.807, 2.05) is 32.7 Å². The summed E-state index contributed by atoms with van der Waals surface area (Å²) in [5.74, 6) is 0.0238. The van der Waals surface area contributed by atoms with Crippen LogP contribution in [0.25, 0.3) is 0 Å². The average molecular weight is 270 g/mol. The van der Waals surface area contributed by atoms with Gasteiger partial charge in [-0.2, -0.15) is 0 Å². The Labute approximate surface area is 113 Å². The molecule has 1 unspecified atom stereocenters. The number of rotatable bonds is 5. The first-order chi connectivity index (χ1) is 8.29. The van der Waals surface area contributed by atoms with E-state index in [1.165, 1.54) is 0 Å². The molecule has 1 N–H and O–H groups in total. The molecule has 0 saturated heterocycles. The SMILES string of the molecule is CC(C(=O)c1ccc(Cl)cc1)N(C)C(C)(C)CO. The van der Waals surface area contributed by atoms with Gasteiger partial charge in [-0.1, -0.05) is 11.6 Å². The van der Waals surface area contributed by atoms with Crippen molar-refractivity contribution in [3.05, 3.63) is 34.9 Å². The molecule has 100 valence electrons. The van der Waals surface area contributed by atoms with Gasteiger partial charge in [0, 0.05) is 16.1 Å². The Morgan fingerprint density at radius 2 is 1.89 bits per heavy atom. The van der Waals surface area contributed by atoms with E-state index >= 15 is 0 Å². The van der Waals surface area contributed by atoms with Crippen LogP contribution in [-0.4, -0.2) is 41.0 Å². The van der Waals surface area contributed by atoms with Gasteiger partial charge in [-0.25, -0.2) is 0 Å². The second-order valence-corrected chi connectivity index (χ2v) is 5.57. The third-order valence-corrected chi connectivity index (χ3v) is 3.68. The predicted octanol–water partition coefficient (Wildman–Crippen LogP) is 2.61. The van der Waals surface area contributed by atoms with Crippen molar-refractivity contribution in [2.24, 2.45) is 0 Å². The van der Waals surface area contributed by atoms with Crippen molar-refractivity contribution < 1.29 is 9.90 Å². The van der Waals surface area contributed by atoms with Crippen molar-refractivity contribution in [2.75, 3.05) is 13.7 Å². The molecule has 18 heavy (non-hydrogen) atoms. The summed E-state index contributed by atoms with van der Waals surface area (Å²) in [4.78, 5) is 14.2. The number of aliphatic hydroxyl groups excluding tert-OH is 1. The molecule has 3 nitrogen and oxygen atoms in total. The topological polar surface area (TPSA) is 40.5 Å². The Morgan fingerprint density at radius 3 is 2.33 bits per heavy atom. The predicted molar refractivity (Wildman–Crippen MR) is 74.2 cm³/mol. The molecular weight excluding hydrogens is 250 g/mol. The summed E-state index contributed by atoms with van der Waals surface area (Å²) in [6.45, 7) is 5.65. The van der Waals surface area contributed by atoms with Crippen LogP contribution in [-0.2, 0) is 0 Å². The largest absolute Gasteiger partial charge is 0.394 e. The number of carbonyl (C=O) groups excluding carboxylic acids is 1. The number of Topliss-reactive ketones (excluding diaryl/α,β-unsaturated/α-hetero) is 1. The maximum Gasteiger partial charge on any atom is 0.179 e. The number of halogens is 1. The first-order valence-electron chi connectivity index (χ1n) is 5.93. The van der Waals surface area contributed by atoms with Crippen LogP contribution in [0.15, 0.2) is 24.3 Å². The normalized spacial score (nSPS) is 13.7. The Balaban J connectivity index is 2.87. The molecule has 0 aromatic heterocycles. The van der Waals surface area contributed by atoms with Gasteiger partial charge in [-0.3, -0.25) is 9.69 Å². The monoisotopic (exact) mass is 269 g/mol. The molecule has 0 spiro atoms. The minimum absolute atomic E-state index is 0.00172. The fourth-order valence-corrected chi connectivity index (χ4v) is 1.79. The summed E-state index contributed by atoms with van der Waals surface area (Å²) in [5, 5.41) is 9.95. The van der Waals surface area contributed by atoms with E-state index in [9.17, 15) is 9.90 Å². The van der Waals surface area contributed by atoms with Gasteiger partial charge in [0.1, 0.15) is 0 Å². The third-order valence-electron chi connectivity index (χ3n) is 3.43. The smallest absolute Gasteiger partial charge is 0.179 e. The lowest BCUT2D eigenvalue weighted by atomic mass is 9.98. The van der Waals surface area contributed by atoms with Gasteiger partial charge < -0.3 is 5.11 Å². The summed E-state index contributed by atoms with van der Waals surface area (Å²) in [6, 6.07) is 6.56. The zero-order valence-corrected chi connectivity index (χ0v) is 12.0. The number of ketones is 1. The highest BCUT2D eigenvalue weighted by Crippen LogP contribution is 2.18. The summed E-state index contributed by atoms with van der Waals surface area (Å²) in [7, 11) is 1.84. The van der Waals surface area contributed by atoms with Gasteiger partial charge in [0.2, 0.25) is 0 Å². The molecule has 1 aromatic carbocycles. The maximum absolute atomic E-state index is 12.3. The van der Waals surface area contributed by atoms with Crippen molar-refractivity contribution in [1.82, 2.24) is 4.90 Å². The molecule has 0 aliphatic carbocycles. The molecule has 0 bridgehead atoms. The highest BCUT2D eigenvalue weighted by Gasteiger charge is 2.30. The van der Waals surface area contributed by atoms with Crippen molar-refractivity contribution in [3.8, 4) is 0 Å². The van der Waals surface area contributed by atoms with Gasteiger partial charge in [0.05, 0.1) is 12.6 Å². The van der Waals surface area contributed by atoms with E-state index in [4.69, 9.17) is 11.6 Å². The highest BCUT2D eigenvalue weighted by atomic mass is 35.5. The fraction of sp³-hybridized carbons (Fsp3) is 0.500. The van der Waals surface area contributed by atoms with E-state index in [-0.39, 0.29) is 18.4 Å². The quantitative estimate of drug-likeness (QED) is 0.836. The van der Waals surface area contributed by atoms with E-state index < -0.39 is 5.54 Å². The van der Waals surface area contributed by atoms with E-state index in [1.54, 1.807) is 24.3 Å². The standard InChI is InChI=1S/C14H20ClNO2/c1-10(16(4)14(2,3)9-17)13(18)11-5-7-12(15)8-6-11/h5-8,10,17H,9H2,1-4H3. The third kappa shape index (κ3) is 3.31. The van der Waals surface area contributed by atoms with Gasteiger partial charge >= 0.3 is 0 Å². The molecule has 1 atom stereocenters. The van der Waals surface area contributed by atoms with Gasteiger partial charge in [0.15, 0.2) is 5.78 Å². The van der Waals surface area contributed by atoms with Gasteiger partial charge in [0.25, 0.3) is 0 Å². The molecule has 1 rings (SSSR count). The fourth-order valence-electron chi connectivity index (χ4n) is 1.67. The van der Waals surface area contributed by atoms with Crippen LogP contribution in [0.5, 0.6) is 0 Å². The minimum atomic E-state index is -0.429. The summed E-state index contributed by atoms with van der Waals surface area (Å²) >= 11 is 5.80. The molecule has 0 amide bonds. The van der Waals surface area contributed by atoms with Crippen LogP contribution in [0.4, 0.5) is 0 Å². The number of benzene rings is 1. The average Bonchev–Trinajstić information content (AvgIpc) is 2.37. The summed E-state index contributed by atoms with van der Waals surface area (Å²) in [6.07, 6.45) is 0. The first-order valence-corrected chi connectivity index (χ1v) is 6.31. The molecule has 4 heteroatoms. The van der Waals surface area contributed by atoms with E-state index in [0.29, 0.717) is 10.6 Å². The molecule has 0 saturated carbocycles. The Morgan fingerprint density at radius 1 is 1.39 bits per heavy atom. The maximum atomic E-state index is 12.3. The van der Waals surface area contributed by atoms with Gasteiger partial charge in [-0.05, 0) is 52.1 Å². The molecular formula is C14H20ClNO2. The lowest BCUT2D eigenvalue weighted by Gasteiger charge is -2.37. The number of carbonyl (C=O) groups is 1. The molecule has 0 aliphatic heterocycles. The number of hydrogen-bond donors (Lipinski definition) is 1. The van der Waals surface area contributed by atoms with Crippen LogP contribution in [0.3, 0.4) is 0 Å². The summed E-state index contributed by atoms with van der Waals surface area (Å²) < 4.78 is 0. The molecule has 0 aliphatic rings. The Bertz CT molecular complexity index is 414.